The quantitative estimate of drug-likeness (QED) is 0.760. The second kappa shape index (κ2) is 3.88. The molecule has 1 aliphatic heterocycles. The monoisotopic (exact) mass is 258 g/mol. The average Bonchev–Trinajstić information content (AvgIpc) is 2.72. The van der Waals surface area contributed by atoms with Crippen LogP contribution in [0, 0.1) is 0 Å². The Morgan fingerprint density at radius 3 is 2.53 bits per heavy atom. The van der Waals surface area contributed by atoms with Gasteiger partial charge in [0.05, 0.1) is 17.8 Å². The van der Waals surface area contributed by atoms with E-state index in [1.807, 2.05) is 12.1 Å². The first-order chi connectivity index (χ1) is 9.09. The van der Waals surface area contributed by atoms with Gasteiger partial charge in [0, 0.05) is 17.1 Å². The molecule has 0 bridgehead atoms. The first-order valence-corrected chi connectivity index (χ1v) is 5.63. The minimum Gasteiger partial charge on any atom is -0.465 e. The van der Waals surface area contributed by atoms with Gasteiger partial charge in [-0.05, 0) is 12.1 Å². The van der Waals surface area contributed by atoms with Crippen molar-refractivity contribution in [1.29, 1.82) is 0 Å². The van der Waals surface area contributed by atoms with Crippen molar-refractivity contribution in [3.05, 3.63) is 41.7 Å². The highest BCUT2D eigenvalue weighted by atomic mass is 16.4. The fourth-order valence-corrected chi connectivity index (χ4v) is 2.39. The van der Waals surface area contributed by atoms with Gasteiger partial charge in [0.1, 0.15) is 0 Å². The van der Waals surface area contributed by atoms with Crippen LogP contribution in [-0.4, -0.2) is 31.9 Å². The topological polar surface area (TPSA) is 82.8 Å². The SMILES string of the molecule is O=C(O)N1C=Cc2c(n(C(=O)O)c3ccccc23)C1. The van der Waals surface area contributed by atoms with Crippen LogP contribution in [0.5, 0.6) is 0 Å². The van der Waals surface area contributed by atoms with Crippen molar-refractivity contribution in [1.82, 2.24) is 9.47 Å². The predicted octanol–water partition coefficient (Wildman–Crippen LogP) is 2.63. The second-order valence-electron chi connectivity index (χ2n) is 4.22. The van der Waals surface area contributed by atoms with E-state index in [2.05, 4.69) is 0 Å². The van der Waals surface area contributed by atoms with Crippen molar-refractivity contribution in [3.8, 4) is 0 Å². The van der Waals surface area contributed by atoms with Crippen LogP contribution in [0.25, 0.3) is 17.0 Å². The third-order valence-corrected chi connectivity index (χ3v) is 3.19. The number of carbonyl (C=O) groups is 2. The van der Waals surface area contributed by atoms with E-state index in [1.165, 1.54) is 6.20 Å². The van der Waals surface area contributed by atoms with Gasteiger partial charge in [-0.15, -0.1) is 0 Å². The summed E-state index contributed by atoms with van der Waals surface area (Å²) in [6.45, 7) is 0.0299. The third-order valence-electron chi connectivity index (χ3n) is 3.19. The molecule has 2 heterocycles. The molecule has 0 atom stereocenters. The summed E-state index contributed by atoms with van der Waals surface area (Å²) in [7, 11) is 0. The number of carboxylic acid groups (broad SMARTS) is 2. The lowest BCUT2D eigenvalue weighted by Crippen LogP contribution is -2.27. The molecule has 0 fully saturated rings. The van der Waals surface area contributed by atoms with E-state index in [1.54, 1.807) is 18.2 Å². The molecule has 0 unspecified atom stereocenters. The molecule has 19 heavy (non-hydrogen) atoms. The highest BCUT2D eigenvalue weighted by Crippen LogP contribution is 2.31. The Hall–Kier alpha value is -2.76. The van der Waals surface area contributed by atoms with Gasteiger partial charge in [-0.1, -0.05) is 18.2 Å². The number of fused-ring (bicyclic) bond motifs is 3. The van der Waals surface area contributed by atoms with Gasteiger partial charge in [-0.3, -0.25) is 4.90 Å². The zero-order chi connectivity index (χ0) is 13.6. The molecule has 0 spiro atoms. The molecule has 1 aliphatic rings. The Morgan fingerprint density at radius 2 is 1.84 bits per heavy atom. The van der Waals surface area contributed by atoms with E-state index in [9.17, 15) is 14.7 Å². The molecule has 2 N–H and O–H groups in total. The number of hydrogen-bond donors (Lipinski definition) is 2. The lowest BCUT2D eigenvalue weighted by atomic mass is 10.1. The molecule has 0 saturated heterocycles. The molecule has 6 heteroatoms. The minimum absolute atomic E-state index is 0.0299. The van der Waals surface area contributed by atoms with E-state index in [-0.39, 0.29) is 6.54 Å². The van der Waals surface area contributed by atoms with E-state index in [4.69, 9.17) is 5.11 Å². The highest BCUT2D eigenvalue weighted by molar-refractivity contribution is 5.97. The summed E-state index contributed by atoms with van der Waals surface area (Å²) in [5.74, 6) is 0. The first kappa shape index (κ1) is 11.3. The zero-order valence-electron chi connectivity index (χ0n) is 9.78. The molecule has 0 saturated carbocycles. The summed E-state index contributed by atoms with van der Waals surface area (Å²) in [5, 5.41) is 19.1. The van der Waals surface area contributed by atoms with Gasteiger partial charge >= 0.3 is 12.2 Å². The van der Waals surface area contributed by atoms with Gasteiger partial charge < -0.3 is 10.2 Å². The second-order valence-corrected chi connectivity index (χ2v) is 4.22. The molecule has 6 nitrogen and oxygen atoms in total. The Morgan fingerprint density at radius 1 is 1.11 bits per heavy atom. The van der Waals surface area contributed by atoms with E-state index < -0.39 is 12.2 Å². The van der Waals surface area contributed by atoms with Crippen molar-refractivity contribution in [2.45, 2.75) is 6.54 Å². The lowest BCUT2D eigenvalue weighted by molar-refractivity contribution is 0.159. The van der Waals surface area contributed by atoms with Crippen LogP contribution in [-0.2, 0) is 6.54 Å². The molecule has 96 valence electrons. The number of rotatable bonds is 0. The standard InChI is InChI=1S/C13H10N2O4/c16-12(17)14-6-5-9-8-3-1-2-4-10(8)15(13(18)19)11(9)7-14/h1-6H,7H2,(H,16,17)(H,18,19). The Balaban J connectivity index is 2.30. The van der Waals surface area contributed by atoms with Crippen LogP contribution in [0.1, 0.15) is 11.3 Å². The molecule has 1 amide bonds. The van der Waals surface area contributed by atoms with Crippen LogP contribution >= 0.6 is 0 Å². The average molecular weight is 258 g/mol. The molecule has 1 aromatic heterocycles. The molecule has 0 aliphatic carbocycles. The van der Waals surface area contributed by atoms with Gasteiger partial charge in [0.15, 0.2) is 0 Å². The Bertz CT molecular complexity index is 730. The van der Waals surface area contributed by atoms with Gasteiger partial charge in [0.2, 0.25) is 0 Å². The Labute approximate surface area is 107 Å². The summed E-state index contributed by atoms with van der Waals surface area (Å²) in [6.07, 6.45) is 0.861. The molecular weight excluding hydrogens is 248 g/mol. The van der Waals surface area contributed by atoms with E-state index in [0.29, 0.717) is 11.2 Å². The number of benzene rings is 1. The Kier molecular flexibility index (Phi) is 2.31. The fraction of sp³-hybridized carbons (Fsp3) is 0.0769. The van der Waals surface area contributed by atoms with Gasteiger partial charge in [-0.2, -0.15) is 0 Å². The molecular formula is C13H10N2O4. The van der Waals surface area contributed by atoms with Crippen LogP contribution in [0.3, 0.4) is 0 Å². The van der Waals surface area contributed by atoms with Crippen LogP contribution in [0.4, 0.5) is 9.59 Å². The van der Waals surface area contributed by atoms with Crippen molar-refractivity contribution >= 4 is 29.2 Å². The maximum atomic E-state index is 11.4. The predicted molar refractivity (Wildman–Crippen MR) is 68.0 cm³/mol. The van der Waals surface area contributed by atoms with Gasteiger partial charge in [-0.25, -0.2) is 14.2 Å². The maximum Gasteiger partial charge on any atom is 0.416 e. The fourth-order valence-electron chi connectivity index (χ4n) is 2.39. The van der Waals surface area contributed by atoms with Crippen molar-refractivity contribution in [3.63, 3.8) is 0 Å². The van der Waals surface area contributed by atoms with E-state index >= 15 is 0 Å². The molecule has 0 radical (unpaired) electrons. The largest absolute Gasteiger partial charge is 0.465 e. The van der Waals surface area contributed by atoms with Crippen LogP contribution < -0.4 is 0 Å². The van der Waals surface area contributed by atoms with Crippen molar-refractivity contribution in [2.75, 3.05) is 0 Å². The first-order valence-electron chi connectivity index (χ1n) is 5.63. The molecule has 2 aromatic rings. The smallest absolute Gasteiger partial charge is 0.416 e. The van der Waals surface area contributed by atoms with Gasteiger partial charge in [0.25, 0.3) is 0 Å². The van der Waals surface area contributed by atoms with Crippen molar-refractivity contribution < 1.29 is 19.8 Å². The number of aromatic nitrogens is 1. The van der Waals surface area contributed by atoms with Crippen LogP contribution in [0.2, 0.25) is 0 Å². The summed E-state index contributed by atoms with van der Waals surface area (Å²) in [4.78, 5) is 23.4. The maximum absolute atomic E-state index is 11.4. The molecule has 3 rings (SSSR count). The summed E-state index contributed by atoms with van der Waals surface area (Å²) < 4.78 is 1.14. The summed E-state index contributed by atoms with van der Waals surface area (Å²) in [6, 6.07) is 7.12. The number of nitrogens with zero attached hydrogens (tertiary/aromatic N) is 2. The highest BCUT2D eigenvalue weighted by Gasteiger charge is 2.25. The lowest BCUT2D eigenvalue weighted by Gasteiger charge is -2.19. The molecule has 1 aromatic carbocycles. The van der Waals surface area contributed by atoms with Crippen LogP contribution in [0.15, 0.2) is 30.5 Å². The summed E-state index contributed by atoms with van der Waals surface area (Å²) >= 11 is 0. The minimum atomic E-state index is -1.11. The normalized spacial score (nSPS) is 13.6. The summed E-state index contributed by atoms with van der Waals surface area (Å²) in [5.41, 5.74) is 1.80. The van der Waals surface area contributed by atoms with E-state index in [0.717, 1.165) is 20.4 Å². The number of amides is 1. The zero-order valence-corrected chi connectivity index (χ0v) is 9.78. The number of para-hydroxylation sites is 1. The van der Waals surface area contributed by atoms with Crippen molar-refractivity contribution in [2.24, 2.45) is 0 Å². The third kappa shape index (κ3) is 1.57. The number of hydrogen-bond acceptors (Lipinski definition) is 2.